The minimum atomic E-state index is 0.363. The van der Waals surface area contributed by atoms with E-state index in [9.17, 15) is 0 Å². The fraction of sp³-hybridized carbons (Fsp3) is 0.625. The van der Waals surface area contributed by atoms with Gasteiger partial charge in [0.1, 0.15) is 12.4 Å². The molecule has 2 N–H and O–H groups in total. The van der Waals surface area contributed by atoms with Crippen LogP contribution in [0.2, 0.25) is 0 Å². The molecule has 1 aliphatic rings. The number of hydrogen-bond donors (Lipinski definition) is 1. The number of anilines is 1. The molecule has 21 heavy (non-hydrogen) atoms. The van der Waals surface area contributed by atoms with Crippen LogP contribution in [-0.2, 0) is 9.47 Å². The maximum atomic E-state index is 5.93. The second kappa shape index (κ2) is 8.87. The van der Waals surface area contributed by atoms with Gasteiger partial charge < -0.3 is 24.8 Å². The first-order chi connectivity index (χ1) is 10.3. The van der Waals surface area contributed by atoms with Crippen molar-refractivity contribution in [3.63, 3.8) is 0 Å². The molecule has 1 aromatic rings. The molecule has 1 heterocycles. The Balaban J connectivity index is 1.69. The van der Waals surface area contributed by atoms with Gasteiger partial charge in [-0.25, -0.2) is 0 Å². The second-order valence-electron chi connectivity index (χ2n) is 5.27. The van der Waals surface area contributed by atoms with Crippen molar-refractivity contribution in [2.75, 3.05) is 51.5 Å². The molecule has 0 unspecified atom stereocenters. The van der Waals surface area contributed by atoms with Crippen LogP contribution in [-0.4, -0.2) is 52.7 Å². The highest BCUT2D eigenvalue weighted by Crippen LogP contribution is 2.22. The van der Waals surface area contributed by atoms with Gasteiger partial charge in [0.25, 0.3) is 0 Å². The van der Waals surface area contributed by atoms with Gasteiger partial charge in [0.2, 0.25) is 0 Å². The fourth-order valence-corrected chi connectivity index (χ4v) is 2.37. The summed E-state index contributed by atoms with van der Waals surface area (Å²) in [6.45, 7) is 4.43. The van der Waals surface area contributed by atoms with Gasteiger partial charge in [-0.05, 0) is 37.1 Å². The molecule has 0 saturated carbocycles. The van der Waals surface area contributed by atoms with Crippen molar-refractivity contribution in [1.29, 1.82) is 0 Å². The molecular weight excluding hydrogens is 268 g/mol. The molecule has 5 heteroatoms. The molecule has 0 amide bonds. The Hall–Kier alpha value is -1.30. The third-order valence-electron chi connectivity index (χ3n) is 3.67. The molecule has 0 bridgehead atoms. The molecular formula is C16H26N2O3. The minimum absolute atomic E-state index is 0.363. The summed E-state index contributed by atoms with van der Waals surface area (Å²) in [6, 6.07) is 8.61. The van der Waals surface area contributed by atoms with Gasteiger partial charge in [-0.3, -0.25) is 0 Å². The van der Waals surface area contributed by atoms with Crippen LogP contribution in [0.25, 0.3) is 0 Å². The standard InChI is InChI=1S/C16H26N2O3/c1-19-10-11-20-12-13-21-16-4-2-15(3-5-16)18-8-6-14(17)7-9-18/h2-5,14H,6-13,17H2,1H3. The summed E-state index contributed by atoms with van der Waals surface area (Å²) in [5, 5.41) is 0. The lowest BCUT2D eigenvalue weighted by Gasteiger charge is -2.32. The molecule has 5 nitrogen and oxygen atoms in total. The molecule has 0 aromatic heterocycles. The van der Waals surface area contributed by atoms with Crippen molar-refractivity contribution in [3.8, 4) is 5.75 Å². The monoisotopic (exact) mass is 294 g/mol. The smallest absolute Gasteiger partial charge is 0.119 e. The number of hydrogen-bond acceptors (Lipinski definition) is 5. The number of nitrogens with two attached hydrogens (primary N) is 1. The Morgan fingerprint density at radius 1 is 1.05 bits per heavy atom. The summed E-state index contributed by atoms with van der Waals surface area (Å²) in [5.41, 5.74) is 7.17. The van der Waals surface area contributed by atoms with Crippen LogP contribution in [0.3, 0.4) is 0 Å². The SMILES string of the molecule is COCCOCCOc1ccc(N2CCC(N)CC2)cc1. The van der Waals surface area contributed by atoms with E-state index in [0.29, 0.717) is 32.5 Å². The first-order valence-electron chi connectivity index (χ1n) is 7.59. The van der Waals surface area contributed by atoms with E-state index in [4.69, 9.17) is 19.9 Å². The van der Waals surface area contributed by atoms with Gasteiger partial charge in [-0.2, -0.15) is 0 Å². The molecule has 1 aliphatic heterocycles. The van der Waals surface area contributed by atoms with Crippen LogP contribution >= 0.6 is 0 Å². The van der Waals surface area contributed by atoms with E-state index >= 15 is 0 Å². The third-order valence-corrected chi connectivity index (χ3v) is 3.67. The fourth-order valence-electron chi connectivity index (χ4n) is 2.37. The van der Waals surface area contributed by atoms with Crippen LogP contribution in [0.4, 0.5) is 5.69 Å². The maximum absolute atomic E-state index is 5.93. The van der Waals surface area contributed by atoms with Crippen molar-refractivity contribution >= 4 is 5.69 Å². The Bertz CT molecular complexity index is 389. The highest BCUT2D eigenvalue weighted by molar-refractivity contribution is 5.49. The van der Waals surface area contributed by atoms with Gasteiger partial charge in [-0.1, -0.05) is 0 Å². The van der Waals surface area contributed by atoms with E-state index in [-0.39, 0.29) is 0 Å². The number of benzene rings is 1. The average Bonchev–Trinajstić information content (AvgIpc) is 2.52. The zero-order valence-corrected chi connectivity index (χ0v) is 12.8. The summed E-state index contributed by atoms with van der Waals surface area (Å²) in [7, 11) is 1.66. The van der Waals surface area contributed by atoms with Gasteiger partial charge >= 0.3 is 0 Å². The molecule has 2 rings (SSSR count). The molecule has 1 aromatic carbocycles. The Morgan fingerprint density at radius 2 is 1.71 bits per heavy atom. The Morgan fingerprint density at radius 3 is 2.38 bits per heavy atom. The molecule has 0 spiro atoms. The molecule has 118 valence electrons. The number of methoxy groups -OCH3 is 1. The summed E-state index contributed by atoms with van der Waals surface area (Å²) in [6.07, 6.45) is 2.13. The van der Waals surface area contributed by atoms with Gasteiger partial charge in [0, 0.05) is 31.9 Å². The van der Waals surface area contributed by atoms with E-state index in [1.807, 2.05) is 12.1 Å². The third kappa shape index (κ3) is 5.53. The second-order valence-corrected chi connectivity index (χ2v) is 5.27. The van der Waals surface area contributed by atoms with Crippen molar-refractivity contribution in [1.82, 2.24) is 0 Å². The first-order valence-corrected chi connectivity index (χ1v) is 7.59. The zero-order valence-electron chi connectivity index (χ0n) is 12.8. The normalized spacial score (nSPS) is 16.2. The van der Waals surface area contributed by atoms with Crippen LogP contribution < -0.4 is 15.4 Å². The largest absolute Gasteiger partial charge is 0.491 e. The Kier molecular flexibility index (Phi) is 6.79. The highest BCUT2D eigenvalue weighted by atomic mass is 16.5. The summed E-state index contributed by atoms with van der Waals surface area (Å²) < 4.78 is 15.9. The summed E-state index contributed by atoms with van der Waals surface area (Å²) in [5.74, 6) is 0.878. The Labute approximate surface area is 127 Å². The molecule has 0 radical (unpaired) electrons. The summed E-state index contributed by atoms with van der Waals surface area (Å²) >= 11 is 0. The number of ether oxygens (including phenoxy) is 3. The highest BCUT2D eigenvalue weighted by Gasteiger charge is 2.16. The maximum Gasteiger partial charge on any atom is 0.119 e. The first kappa shape index (κ1) is 16.1. The van der Waals surface area contributed by atoms with Crippen LogP contribution in [0.15, 0.2) is 24.3 Å². The van der Waals surface area contributed by atoms with Crippen molar-refractivity contribution in [3.05, 3.63) is 24.3 Å². The summed E-state index contributed by atoms with van der Waals surface area (Å²) in [4.78, 5) is 2.38. The lowest BCUT2D eigenvalue weighted by atomic mass is 10.1. The van der Waals surface area contributed by atoms with E-state index in [1.54, 1.807) is 7.11 Å². The number of rotatable bonds is 8. The van der Waals surface area contributed by atoms with Gasteiger partial charge in [-0.15, -0.1) is 0 Å². The number of nitrogens with zero attached hydrogens (tertiary/aromatic N) is 1. The molecule has 1 saturated heterocycles. The molecule has 0 atom stereocenters. The van der Waals surface area contributed by atoms with Crippen LogP contribution in [0.1, 0.15) is 12.8 Å². The lowest BCUT2D eigenvalue weighted by molar-refractivity contribution is 0.0544. The quantitative estimate of drug-likeness (QED) is 0.739. The van der Waals surface area contributed by atoms with Gasteiger partial charge in [0.05, 0.1) is 19.8 Å². The van der Waals surface area contributed by atoms with Gasteiger partial charge in [0.15, 0.2) is 0 Å². The molecule has 0 aliphatic carbocycles. The number of piperidine rings is 1. The van der Waals surface area contributed by atoms with E-state index in [0.717, 1.165) is 31.7 Å². The zero-order chi connectivity index (χ0) is 14.9. The minimum Gasteiger partial charge on any atom is -0.491 e. The van der Waals surface area contributed by atoms with E-state index in [2.05, 4.69) is 17.0 Å². The topological polar surface area (TPSA) is 57.0 Å². The average molecular weight is 294 g/mol. The van der Waals surface area contributed by atoms with E-state index in [1.165, 1.54) is 5.69 Å². The van der Waals surface area contributed by atoms with Crippen LogP contribution in [0, 0.1) is 0 Å². The van der Waals surface area contributed by atoms with Crippen LogP contribution in [0.5, 0.6) is 5.75 Å². The van der Waals surface area contributed by atoms with Crippen molar-refractivity contribution in [2.45, 2.75) is 18.9 Å². The van der Waals surface area contributed by atoms with E-state index < -0.39 is 0 Å². The van der Waals surface area contributed by atoms with Crippen molar-refractivity contribution in [2.24, 2.45) is 5.73 Å². The molecule has 1 fully saturated rings. The predicted molar refractivity (Wildman–Crippen MR) is 84.1 cm³/mol. The predicted octanol–water partition coefficient (Wildman–Crippen LogP) is 1.66. The lowest BCUT2D eigenvalue weighted by Crippen LogP contribution is -2.39. The van der Waals surface area contributed by atoms with Crippen molar-refractivity contribution < 1.29 is 14.2 Å².